The number of rotatable bonds is 6. The summed E-state index contributed by atoms with van der Waals surface area (Å²) in [6.07, 6.45) is 0. The first kappa shape index (κ1) is 20.5. The number of benzene rings is 2. The van der Waals surface area contributed by atoms with Crippen LogP contribution >= 0.6 is 0 Å². The van der Waals surface area contributed by atoms with E-state index in [2.05, 4.69) is 37.0 Å². The van der Waals surface area contributed by atoms with Crippen molar-refractivity contribution in [3.05, 3.63) is 58.7 Å². The van der Waals surface area contributed by atoms with E-state index >= 15 is 0 Å². The van der Waals surface area contributed by atoms with Crippen LogP contribution in [0.5, 0.6) is 0 Å². The molecule has 1 radical (unpaired) electrons. The molecule has 3 aromatic rings. The third kappa shape index (κ3) is 4.42. The van der Waals surface area contributed by atoms with Gasteiger partial charge in [-0.25, -0.2) is 0 Å². The summed E-state index contributed by atoms with van der Waals surface area (Å²) in [5.41, 5.74) is 5.81. The van der Waals surface area contributed by atoms with Gasteiger partial charge in [-0.2, -0.15) is 0 Å². The van der Waals surface area contributed by atoms with Gasteiger partial charge in [0.05, 0.1) is 0 Å². The summed E-state index contributed by atoms with van der Waals surface area (Å²) in [5, 5.41) is 12.2. The normalized spacial score (nSPS) is 10.7. The van der Waals surface area contributed by atoms with Gasteiger partial charge in [-0.3, -0.25) is 0 Å². The molecule has 6 nitrogen and oxygen atoms in total. The van der Waals surface area contributed by atoms with Crippen LogP contribution in [0.3, 0.4) is 0 Å². The van der Waals surface area contributed by atoms with Crippen molar-refractivity contribution in [3.8, 4) is 0 Å². The number of hydrogen-bond donors (Lipinski definition) is 1. The SMILES string of the molecule is [B]=Cc1c(C)c(N=Nc2ccccc2)c(B=C)c(C)c1Nc1nc(C)nc(C)n1. The fourth-order valence-corrected chi connectivity index (χ4v) is 3.17. The van der Waals surface area contributed by atoms with Crippen LogP contribution in [0.1, 0.15) is 28.3 Å². The van der Waals surface area contributed by atoms with Gasteiger partial charge < -0.3 is 0 Å². The molecule has 0 aliphatic carbocycles. The van der Waals surface area contributed by atoms with E-state index in [9.17, 15) is 0 Å². The Bertz CT molecular complexity index is 1090. The molecule has 0 spiro atoms. The van der Waals surface area contributed by atoms with E-state index < -0.39 is 0 Å². The molecule has 1 aromatic heterocycles. The van der Waals surface area contributed by atoms with Crippen LogP contribution < -0.4 is 10.8 Å². The fraction of sp³-hybridized carbons (Fsp3) is 0.190. The molecular weight excluding hydrogens is 358 g/mol. The zero-order chi connectivity index (χ0) is 21.0. The first-order valence-corrected chi connectivity index (χ1v) is 9.22. The standard InChI is InChI=1S/C21H21B2N6/c1-12-17(11-22)19(27-21-25-14(3)24-15(4)26-21)13(2)18(23-5)20(12)29-28-16-9-7-6-8-10-16/h6-11H,5H2,1-4H3,(H,24,25,26,27). The molecular formula is C21H21B2N6. The molecule has 0 bridgehead atoms. The summed E-state index contributed by atoms with van der Waals surface area (Å²) in [5.74, 6) is 3.31. The molecule has 0 fully saturated rings. The molecule has 141 valence electrons. The number of nitrogens with zero attached hydrogens (tertiary/aromatic N) is 5. The number of nitrogens with one attached hydrogen (secondary N) is 1. The Hall–Kier alpha value is -3.28. The Morgan fingerprint density at radius 2 is 1.62 bits per heavy atom. The fourth-order valence-electron chi connectivity index (χ4n) is 3.17. The second-order valence-electron chi connectivity index (χ2n) is 6.59. The van der Waals surface area contributed by atoms with Crippen molar-refractivity contribution >= 4 is 55.3 Å². The van der Waals surface area contributed by atoms with Crippen LogP contribution in [0.15, 0.2) is 40.6 Å². The van der Waals surface area contributed by atoms with E-state index in [1.54, 1.807) is 12.9 Å². The van der Waals surface area contributed by atoms with Gasteiger partial charge >= 0.3 is 172 Å². The maximum absolute atomic E-state index is 5.99. The van der Waals surface area contributed by atoms with Crippen LogP contribution in [0.2, 0.25) is 0 Å². The van der Waals surface area contributed by atoms with Gasteiger partial charge in [0.15, 0.2) is 0 Å². The van der Waals surface area contributed by atoms with E-state index in [1.165, 1.54) is 0 Å². The number of aryl methyl sites for hydroxylation is 2. The molecule has 8 heteroatoms. The van der Waals surface area contributed by atoms with Gasteiger partial charge in [0, 0.05) is 0 Å². The Kier molecular flexibility index (Phi) is 6.22. The molecule has 1 N–H and O–H groups in total. The zero-order valence-electron chi connectivity index (χ0n) is 17.1. The monoisotopic (exact) mass is 379 g/mol. The number of azo groups is 1. The molecule has 0 saturated carbocycles. The van der Waals surface area contributed by atoms with Crippen molar-refractivity contribution in [2.45, 2.75) is 27.7 Å². The van der Waals surface area contributed by atoms with E-state index in [4.69, 9.17) is 7.49 Å². The zero-order valence-corrected chi connectivity index (χ0v) is 17.1. The van der Waals surface area contributed by atoms with E-state index in [0.29, 0.717) is 17.6 Å². The second-order valence-corrected chi connectivity index (χ2v) is 6.59. The minimum absolute atomic E-state index is 0.467. The van der Waals surface area contributed by atoms with Gasteiger partial charge in [0.2, 0.25) is 0 Å². The minimum atomic E-state index is 0.467. The predicted octanol–water partition coefficient (Wildman–Crippen LogP) is 3.34. The Morgan fingerprint density at radius 3 is 2.21 bits per heavy atom. The van der Waals surface area contributed by atoms with E-state index in [1.807, 2.05) is 58.0 Å². The summed E-state index contributed by atoms with van der Waals surface area (Å²) in [6, 6.07) is 9.58. The van der Waals surface area contributed by atoms with Crippen molar-refractivity contribution in [2.24, 2.45) is 10.2 Å². The van der Waals surface area contributed by atoms with E-state index in [0.717, 1.165) is 39.2 Å². The summed E-state index contributed by atoms with van der Waals surface area (Å²) in [7, 11) is 5.99. The average molecular weight is 379 g/mol. The summed E-state index contributed by atoms with van der Waals surface area (Å²) < 4.78 is 0. The van der Waals surface area contributed by atoms with Crippen molar-refractivity contribution in [1.29, 1.82) is 0 Å². The molecule has 2 aromatic carbocycles. The van der Waals surface area contributed by atoms with Crippen LogP contribution in [0.4, 0.5) is 23.0 Å². The molecule has 0 unspecified atom stereocenters. The number of hydrogen-bond acceptors (Lipinski definition) is 6. The van der Waals surface area contributed by atoms with Crippen LogP contribution in [-0.2, 0) is 0 Å². The van der Waals surface area contributed by atoms with Gasteiger partial charge in [0.25, 0.3) is 0 Å². The van der Waals surface area contributed by atoms with E-state index in [-0.39, 0.29) is 0 Å². The maximum atomic E-state index is 5.99. The van der Waals surface area contributed by atoms with Crippen molar-refractivity contribution in [3.63, 3.8) is 0 Å². The molecule has 1 heterocycles. The number of aromatic nitrogens is 3. The van der Waals surface area contributed by atoms with Gasteiger partial charge in [0.1, 0.15) is 0 Å². The van der Waals surface area contributed by atoms with Crippen LogP contribution in [0, 0.1) is 27.7 Å². The molecule has 0 atom stereocenters. The summed E-state index contributed by atoms with van der Waals surface area (Å²) in [4.78, 5) is 13.0. The Labute approximate surface area is 172 Å². The third-order valence-corrected chi connectivity index (χ3v) is 4.55. The first-order valence-electron chi connectivity index (χ1n) is 9.22. The van der Waals surface area contributed by atoms with Crippen molar-refractivity contribution in [1.82, 2.24) is 15.0 Å². The van der Waals surface area contributed by atoms with Gasteiger partial charge in [-0.05, 0) is 0 Å². The number of anilines is 2. The molecule has 0 saturated heterocycles. The second kappa shape index (κ2) is 8.82. The molecule has 0 aliphatic rings. The van der Waals surface area contributed by atoms with Crippen LogP contribution in [0.25, 0.3) is 0 Å². The summed E-state index contributed by atoms with van der Waals surface area (Å²) >= 11 is 0. The molecule has 0 aliphatic heterocycles. The Morgan fingerprint density at radius 1 is 0.966 bits per heavy atom. The van der Waals surface area contributed by atoms with Crippen LogP contribution in [-0.4, -0.2) is 41.8 Å². The molecule has 29 heavy (non-hydrogen) atoms. The molecule has 0 amide bonds. The third-order valence-electron chi connectivity index (χ3n) is 4.55. The van der Waals surface area contributed by atoms with Crippen molar-refractivity contribution < 1.29 is 0 Å². The first-order chi connectivity index (χ1) is 13.9. The topological polar surface area (TPSA) is 75.4 Å². The quantitative estimate of drug-likeness (QED) is 0.527. The average Bonchev–Trinajstić information content (AvgIpc) is 2.69. The predicted molar refractivity (Wildman–Crippen MR) is 123 cm³/mol. The molecule has 3 rings (SSSR count). The summed E-state index contributed by atoms with van der Waals surface area (Å²) in [6.45, 7) is 13.3. The van der Waals surface area contributed by atoms with Gasteiger partial charge in [-0.1, -0.05) is 0 Å². The van der Waals surface area contributed by atoms with Gasteiger partial charge in [-0.15, -0.1) is 0 Å². The van der Waals surface area contributed by atoms with Crippen molar-refractivity contribution in [2.75, 3.05) is 5.32 Å². The Balaban J connectivity index is 2.14.